The third-order valence-electron chi connectivity index (χ3n) is 3.05. The topological polar surface area (TPSA) is 86.6 Å². The Morgan fingerprint density at radius 1 is 1.30 bits per heavy atom. The number of hydrogen-bond donors (Lipinski definition) is 3. The second-order valence-electron chi connectivity index (χ2n) is 5.16. The molecule has 5 heteroatoms. The number of nitrogens with one attached hydrogen (secondary N) is 1. The number of rotatable bonds is 7. The average molecular weight is 279 g/mol. The van der Waals surface area contributed by atoms with Crippen LogP contribution in [0.25, 0.3) is 0 Å². The van der Waals surface area contributed by atoms with E-state index in [2.05, 4.69) is 5.32 Å². The molecule has 0 saturated heterocycles. The summed E-state index contributed by atoms with van der Waals surface area (Å²) < 4.78 is 0. The number of benzene rings is 1. The average Bonchev–Trinajstić information content (AvgIpc) is 2.37. The van der Waals surface area contributed by atoms with Crippen LogP contribution in [0.1, 0.15) is 42.6 Å². The van der Waals surface area contributed by atoms with Crippen LogP contribution in [0.4, 0.5) is 0 Å². The first-order chi connectivity index (χ1) is 9.35. The number of aliphatic hydroxyl groups is 1. The van der Waals surface area contributed by atoms with Crippen LogP contribution in [0, 0.1) is 0 Å². The van der Waals surface area contributed by atoms with Gasteiger partial charge in [0.15, 0.2) is 0 Å². The summed E-state index contributed by atoms with van der Waals surface area (Å²) in [7, 11) is 0. The van der Waals surface area contributed by atoms with E-state index in [1.165, 1.54) is 6.07 Å². The van der Waals surface area contributed by atoms with Gasteiger partial charge in [-0.05, 0) is 25.0 Å². The fourth-order valence-corrected chi connectivity index (χ4v) is 2.03. The summed E-state index contributed by atoms with van der Waals surface area (Å²) in [5.41, 5.74) is -0.341. The number of amides is 1. The summed E-state index contributed by atoms with van der Waals surface area (Å²) in [5, 5.41) is 21.6. The van der Waals surface area contributed by atoms with E-state index in [4.69, 9.17) is 5.11 Å². The standard InChI is InChI=1S/C15H21NO4/c1-3-8-15(2,20)10-16-13(17)9-11-6-4-5-7-12(11)14(18)19/h4-7,20H,3,8-10H2,1-2H3,(H,16,17)(H,18,19). The Bertz CT molecular complexity index is 483. The summed E-state index contributed by atoms with van der Waals surface area (Å²) >= 11 is 0. The molecule has 0 aromatic heterocycles. The molecule has 110 valence electrons. The fourth-order valence-electron chi connectivity index (χ4n) is 2.03. The first-order valence-electron chi connectivity index (χ1n) is 6.66. The number of aromatic carboxylic acids is 1. The highest BCUT2D eigenvalue weighted by Crippen LogP contribution is 2.12. The van der Waals surface area contributed by atoms with E-state index in [0.717, 1.165) is 6.42 Å². The van der Waals surface area contributed by atoms with Gasteiger partial charge in [0.1, 0.15) is 0 Å². The molecule has 1 unspecified atom stereocenters. The maximum atomic E-state index is 11.8. The Kier molecular flexibility index (Phi) is 5.70. The fraction of sp³-hybridized carbons (Fsp3) is 0.467. The van der Waals surface area contributed by atoms with Crippen molar-refractivity contribution < 1.29 is 19.8 Å². The Hall–Kier alpha value is -1.88. The first-order valence-corrected chi connectivity index (χ1v) is 6.66. The molecule has 0 heterocycles. The van der Waals surface area contributed by atoms with Gasteiger partial charge in [-0.1, -0.05) is 31.5 Å². The van der Waals surface area contributed by atoms with Crippen molar-refractivity contribution in [2.24, 2.45) is 0 Å². The van der Waals surface area contributed by atoms with Crippen LogP contribution in [0.15, 0.2) is 24.3 Å². The van der Waals surface area contributed by atoms with Gasteiger partial charge in [0.2, 0.25) is 5.91 Å². The molecule has 20 heavy (non-hydrogen) atoms. The largest absolute Gasteiger partial charge is 0.478 e. The summed E-state index contributed by atoms with van der Waals surface area (Å²) in [6.45, 7) is 3.79. The molecule has 1 atom stereocenters. The smallest absolute Gasteiger partial charge is 0.335 e. The zero-order chi connectivity index (χ0) is 15.2. The molecule has 0 bridgehead atoms. The number of carbonyl (C=O) groups excluding carboxylic acids is 1. The van der Waals surface area contributed by atoms with Crippen LogP contribution < -0.4 is 5.32 Å². The van der Waals surface area contributed by atoms with E-state index in [1.807, 2.05) is 6.92 Å². The zero-order valence-electron chi connectivity index (χ0n) is 11.8. The van der Waals surface area contributed by atoms with Crippen molar-refractivity contribution in [3.05, 3.63) is 35.4 Å². The van der Waals surface area contributed by atoms with Gasteiger partial charge >= 0.3 is 5.97 Å². The van der Waals surface area contributed by atoms with Crippen LogP contribution in [0.3, 0.4) is 0 Å². The lowest BCUT2D eigenvalue weighted by Gasteiger charge is -2.23. The molecule has 1 aromatic rings. The molecule has 0 spiro atoms. The number of carboxylic acids is 1. The SMILES string of the molecule is CCCC(C)(O)CNC(=O)Cc1ccccc1C(=O)O. The van der Waals surface area contributed by atoms with Crippen LogP contribution in [0.5, 0.6) is 0 Å². The van der Waals surface area contributed by atoms with Crippen molar-refractivity contribution in [1.82, 2.24) is 5.32 Å². The third-order valence-corrected chi connectivity index (χ3v) is 3.05. The second kappa shape index (κ2) is 7.05. The molecule has 0 saturated carbocycles. The van der Waals surface area contributed by atoms with E-state index in [-0.39, 0.29) is 24.4 Å². The summed E-state index contributed by atoms with van der Waals surface area (Å²) in [6.07, 6.45) is 1.41. The Morgan fingerprint density at radius 3 is 2.55 bits per heavy atom. The quantitative estimate of drug-likeness (QED) is 0.707. The zero-order valence-corrected chi connectivity index (χ0v) is 11.8. The Balaban J connectivity index is 2.61. The molecular weight excluding hydrogens is 258 g/mol. The molecule has 0 aliphatic heterocycles. The van der Waals surface area contributed by atoms with Gasteiger partial charge in [-0.2, -0.15) is 0 Å². The van der Waals surface area contributed by atoms with Crippen molar-refractivity contribution in [2.45, 2.75) is 38.7 Å². The highest BCUT2D eigenvalue weighted by molar-refractivity contribution is 5.91. The van der Waals surface area contributed by atoms with Gasteiger partial charge in [-0.25, -0.2) is 4.79 Å². The normalized spacial score (nSPS) is 13.6. The minimum atomic E-state index is -1.05. The predicted octanol–water partition coefficient (Wildman–Crippen LogP) is 1.59. The van der Waals surface area contributed by atoms with Crippen LogP contribution >= 0.6 is 0 Å². The summed E-state index contributed by atoms with van der Waals surface area (Å²) in [5.74, 6) is -1.35. The maximum Gasteiger partial charge on any atom is 0.335 e. The molecule has 0 radical (unpaired) electrons. The highest BCUT2D eigenvalue weighted by Gasteiger charge is 2.20. The molecule has 5 nitrogen and oxygen atoms in total. The van der Waals surface area contributed by atoms with E-state index in [1.54, 1.807) is 25.1 Å². The van der Waals surface area contributed by atoms with E-state index in [0.29, 0.717) is 12.0 Å². The molecule has 3 N–H and O–H groups in total. The molecule has 0 aliphatic rings. The van der Waals surface area contributed by atoms with Crippen molar-refractivity contribution in [3.8, 4) is 0 Å². The lowest BCUT2D eigenvalue weighted by atomic mass is 10.0. The van der Waals surface area contributed by atoms with Gasteiger partial charge in [0.05, 0.1) is 17.6 Å². The van der Waals surface area contributed by atoms with E-state index < -0.39 is 11.6 Å². The van der Waals surface area contributed by atoms with Gasteiger partial charge in [0, 0.05) is 6.54 Å². The van der Waals surface area contributed by atoms with Gasteiger partial charge < -0.3 is 15.5 Å². The minimum absolute atomic E-state index is 0.00925. The van der Waals surface area contributed by atoms with Crippen molar-refractivity contribution in [2.75, 3.05) is 6.54 Å². The number of carbonyl (C=O) groups is 2. The monoisotopic (exact) mass is 279 g/mol. The van der Waals surface area contributed by atoms with E-state index in [9.17, 15) is 14.7 Å². The Labute approximate surface area is 118 Å². The molecule has 1 amide bonds. The third kappa shape index (κ3) is 5.01. The molecule has 0 aliphatic carbocycles. The minimum Gasteiger partial charge on any atom is -0.478 e. The lowest BCUT2D eigenvalue weighted by molar-refractivity contribution is -0.121. The van der Waals surface area contributed by atoms with Gasteiger partial charge in [-0.3, -0.25) is 4.79 Å². The van der Waals surface area contributed by atoms with Crippen molar-refractivity contribution in [3.63, 3.8) is 0 Å². The molecule has 1 aromatic carbocycles. The Morgan fingerprint density at radius 2 is 1.95 bits per heavy atom. The highest BCUT2D eigenvalue weighted by atomic mass is 16.4. The van der Waals surface area contributed by atoms with Crippen LogP contribution in [-0.2, 0) is 11.2 Å². The molecule has 0 fully saturated rings. The van der Waals surface area contributed by atoms with Gasteiger partial charge in [-0.15, -0.1) is 0 Å². The van der Waals surface area contributed by atoms with E-state index >= 15 is 0 Å². The van der Waals surface area contributed by atoms with Gasteiger partial charge in [0.25, 0.3) is 0 Å². The summed E-state index contributed by atoms with van der Waals surface area (Å²) in [6, 6.07) is 6.41. The number of carboxylic acid groups (broad SMARTS) is 1. The van der Waals surface area contributed by atoms with Crippen molar-refractivity contribution >= 4 is 11.9 Å². The van der Waals surface area contributed by atoms with Crippen molar-refractivity contribution in [1.29, 1.82) is 0 Å². The van der Waals surface area contributed by atoms with Crippen LogP contribution in [0.2, 0.25) is 0 Å². The lowest BCUT2D eigenvalue weighted by Crippen LogP contribution is -2.41. The number of hydrogen-bond acceptors (Lipinski definition) is 3. The summed E-state index contributed by atoms with van der Waals surface area (Å²) in [4.78, 5) is 22.9. The maximum absolute atomic E-state index is 11.8. The molecular formula is C15H21NO4. The predicted molar refractivity (Wildman–Crippen MR) is 75.6 cm³/mol. The van der Waals surface area contributed by atoms with Crippen LogP contribution in [-0.4, -0.2) is 34.2 Å². The molecule has 1 rings (SSSR count). The first kappa shape index (κ1) is 16.2. The second-order valence-corrected chi connectivity index (χ2v) is 5.16.